The highest BCUT2D eigenvalue weighted by Gasteiger charge is 2.21. The van der Waals surface area contributed by atoms with E-state index in [1.807, 2.05) is 6.92 Å². The number of nitrogen functional groups attached to an aromatic ring is 1. The van der Waals surface area contributed by atoms with Crippen molar-refractivity contribution >= 4 is 17.1 Å². The van der Waals surface area contributed by atoms with Gasteiger partial charge < -0.3 is 14.7 Å². The number of aromatic nitrogens is 2. The van der Waals surface area contributed by atoms with E-state index in [0.29, 0.717) is 22.9 Å². The molecule has 0 aliphatic heterocycles. The van der Waals surface area contributed by atoms with Gasteiger partial charge in [-0.2, -0.15) is 4.98 Å². The highest BCUT2D eigenvalue weighted by atomic mass is 32.2. The molecule has 0 radical (unpaired) electrons. The van der Waals surface area contributed by atoms with Gasteiger partial charge in [0, 0.05) is 11.2 Å². The van der Waals surface area contributed by atoms with Crippen LogP contribution in [0.3, 0.4) is 0 Å². The normalized spacial score (nSPS) is 12.6. The summed E-state index contributed by atoms with van der Waals surface area (Å²) in [5, 5.41) is 0.478. The Morgan fingerprint density at radius 2 is 2.24 bits per heavy atom. The molecule has 1 atom stereocenters. The van der Waals surface area contributed by atoms with Crippen molar-refractivity contribution < 1.29 is 8.97 Å². The van der Waals surface area contributed by atoms with Crippen molar-refractivity contribution in [3.63, 3.8) is 0 Å². The van der Waals surface area contributed by atoms with Crippen LogP contribution in [-0.2, 0) is 17.6 Å². The van der Waals surface area contributed by atoms with Gasteiger partial charge in [-0.25, -0.2) is 4.98 Å². The fourth-order valence-electron chi connectivity index (χ4n) is 1.65. The van der Waals surface area contributed by atoms with Crippen LogP contribution in [0, 0.1) is 0 Å². The molecule has 2 rings (SSSR count). The number of nitrogens with zero attached hydrogens (tertiary/aromatic N) is 2. The zero-order valence-corrected chi connectivity index (χ0v) is 10.5. The van der Waals surface area contributed by atoms with Crippen LogP contribution >= 0.6 is 0 Å². The van der Waals surface area contributed by atoms with Gasteiger partial charge in [0.1, 0.15) is 11.9 Å². The first-order chi connectivity index (χ1) is 8.13. The van der Waals surface area contributed by atoms with Crippen molar-refractivity contribution in [2.75, 3.05) is 12.0 Å². The highest BCUT2D eigenvalue weighted by molar-refractivity contribution is 7.90. The maximum absolute atomic E-state index is 11.6. The highest BCUT2D eigenvalue weighted by Crippen LogP contribution is 2.27. The average Bonchev–Trinajstić information content (AvgIpc) is 2.81. The fourth-order valence-corrected chi connectivity index (χ4v) is 2.46. The third-order valence-electron chi connectivity index (χ3n) is 2.37. The molecule has 2 heterocycles. The quantitative estimate of drug-likeness (QED) is 0.661. The van der Waals surface area contributed by atoms with E-state index in [2.05, 4.69) is 9.97 Å². The number of hydrogen-bond donors (Lipinski definition) is 1. The second-order valence-corrected chi connectivity index (χ2v) is 4.79. The Balaban J connectivity index is 2.66. The average molecular weight is 251 g/mol. The lowest BCUT2D eigenvalue weighted by Crippen LogP contribution is -2.11. The van der Waals surface area contributed by atoms with Crippen LogP contribution in [0.15, 0.2) is 27.8 Å². The van der Waals surface area contributed by atoms with E-state index in [1.165, 1.54) is 0 Å². The van der Waals surface area contributed by atoms with Gasteiger partial charge in [-0.15, -0.1) is 0 Å². The molecule has 0 amide bonds. The summed E-state index contributed by atoms with van der Waals surface area (Å²) in [6, 6.07) is 3.57. The maximum Gasteiger partial charge on any atom is 0.253 e. The number of anilines is 1. The van der Waals surface area contributed by atoms with Gasteiger partial charge in [0.25, 0.3) is 5.03 Å². The van der Waals surface area contributed by atoms with Crippen LogP contribution in [0.25, 0.3) is 11.5 Å². The lowest BCUT2D eigenvalue weighted by Gasteiger charge is -2.11. The van der Waals surface area contributed by atoms with Crippen molar-refractivity contribution in [1.82, 2.24) is 9.97 Å². The summed E-state index contributed by atoms with van der Waals surface area (Å²) in [5.41, 5.74) is 7.06. The zero-order chi connectivity index (χ0) is 12.4. The molecule has 2 aromatic rings. The largest absolute Gasteiger partial charge is 0.610 e. The summed E-state index contributed by atoms with van der Waals surface area (Å²) >= 11 is -1.20. The van der Waals surface area contributed by atoms with Gasteiger partial charge in [0.2, 0.25) is 5.95 Å². The van der Waals surface area contributed by atoms with E-state index in [0.717, 1.165) is 5.56 Å². The Hall–Kier alpha value is -1.53. The van der Waals surface area contributed by atoms with Crippen molar-refractivity contribution in [2.45, 2.75) is 18.4 Å². The third-order valence-corrected chi connectivity index (χ3v) is 3.25. The fraction of sp³-hybridized carbons (Fsp3) is 0.273. The lowest BCUT2D eigenvalue weighted by atomic mass is 10.1. The Labute approximate surface area is 102 Å². The molecule has 0 bridgehead atoms. The van der Waals surface area contributed by atoms with Crippen LogP contribution in [0.4, 0.5) is 5.95 Å². The summed E-state index contributed by atoms with van der Waals surface area (Å²) in [7, 11) is 0. The number of furan rings is 1. The molecule has 0 aliphatic rings. The molecule has 2 aromatic heterocycles. The Morgan fingerprint density at radius 3 is 2.76 bits per heavy atom. The molecule has 17 heavy (non-hydrogen) atoms. The van der Waals surface area contributed by atoms with Gasteiger partial charge in [0.15, 0.2) is 5.76 Å². The molecule has 5 nitrogen and oxygen atoms in total. The molecule has 0 saturated carbocycles. The van der Waals surface area contributed by atoms with Crippen LogP contribution in [0.1, 0.15) is 12.5 Å². The summed E-state index contributed by atoms with van der Waals surface area (Å²) in [6.07, 6.45) is 3.81. The Bertz CT molecular complexity index is 512. The van der Waals surface area contributed by atoms with Gasteiger partial charge in [0.05, 0.1) is 11.8 Å². The van der Waals surface area contributed by atoms with E-state index in [9.17, 15) is 4.55 Å². The number of hydrogen-bond acceptors (Lipinski definition) is 5. The minimum absolute atomic E-state index is 0.110. The molecule has 0 aliphatic carbocycles. The first-order valence-electron chi connectivity index (χ1n) is 5.17. The minimum atomic E-state index is -1.20. The molecule has 0 aromatic carbocycles. The second-order valence-electron chi connectivity index (χ2n) is 3.50. The Kier molecular flexibility index (Phi) is 3.35. The summed E-state index contributed by atoms with van der Waals surface area (Å²) in [5.74, 6) is 0.724. The molecule has 0 spiro atoms. The first-order valence-corrected chi connectivity index (χ1v) is 6.73. The van der Waals surface area contributed by atoms with Crippen molar-refractivity contribution in [2.24, 2.45) is 0 Å². The second kappa shape index (κ2) is 4.77. The van der Waals surface area contributed by atoms with Gasteiger partial charge in [-0.1, -0.05) is 6.92 Å². The summed E-state index contributed by atoms with van der Waals surface area (Å²) in [6.45, 7) is 1.96. The standard InChI is InChI=1S/C11H13N3O2S/c1-3-7-9(8-5-4-6-16-8)13-11(12)14-10(7)17(2)15/h4-6H,3H2,1-2H3,(H2,12,13,14). The van der Waals surface area contributed by atoms with Crippen molar-refractivity contribution in [3.8, 4) is 11.5 Å². The lowest BCUT2D eigenvalue weighted by molar-refractivity contribution is 0.577. The molecule has 2 N–H and O–H groups in total. The maximum atomic E-state index is 11.6. The van der Waals surface area contributed by atoms with Crippen LogP contribution in [0.5, 0.6) is 0 Å². The SMILES string of the molecule is CCc1c(-c2ccco2)nc(N)nc1[S+](C)[O-]. The molecular weight excluding hydrogens is 238 g/mol. The van der Waals surface area contributed by atoms with Crippen LogP contribution in [-0.4, -0.2) is 20.8 Å². The van der Waals surface area contributed by atoms with Gasteiger partial charge in [-0.05, 0) is 18.6 Å². The molecule has 0 saturated heterocycles. The number of nitrogens with two attached hydrogens (primary N) is 1. The molecule has 1 unspecified atom stereocenters. The monoisotopic (exact) mass is 251 g/mol. The molecule has 0 fully saturated rings. The van der Waals surface area contributed by atoms with Gasteiger partial charge >= 0.3 is 0 Å². The van der Waals surface area contributed by atoms with E-state index < -0.39 is 11.2 Å². The summed E-state index contributed by atoms with van der Waals surface area (Å²) < 4.78 is 16.9. The number of rotatable bonds is 3. The van der Waals surface area contributed by atoms with E-state index in [1.54, 1.807) is 24.7 Å². The smallest absolute Gasteiger partial charge is 0.253 e. The van der Waals surface area contributed by atoms with Crippen molar-refractivity contribution in [1.29, 1.82) is 0 Å². The van der Waals surface area contributed by atoms with Crippen LogP contribution in [0.2, 0.25) is 0 Å². The van der Waals surface area contributed by atoms with E-state index >= 15 is 0 Å². The van der Waals surface area contributed by atoms with Crippen molar-refractivity contribution in [3.05, 3.63) is 24.0 Å². The first kappa shape index (κ1) is 11.9. The van der Waals surface area contributed by atoms with E-state index in [4.69, 9.17) is 10.2 Å². The topological polar surface area (TPSA) is 88.0 Å². The predicted molar refractivity (Wildman–Crippen MR) is 65.9 cm³/mol. The molecule has 90 valence electrons. The van der Waals surface area contributed by atoms with Crippen LogP contribution < -0.4 is 5.73 Å². The molecule has 6 heteroatoms. The minimum Gasteiger partial charge on any atom is -0.610 e. The Morgan fingerprint density at radius 1 is 1.47 bits per heavy atom. The third kappa shape index (κ3) is 2.27. The zero-order valence-electron chi connectivity index (χ0n) is 9.64. The van der Waals surface area contributed by atoms with E-state index in [-0.39, 0.29) is 5.95 Å². The predicted octanol–water partition coefficient (Wildman–Crippen LogP) is 1.62. The van der Waals surface area contributed by atoms with Gasteiger partial charge in [-0.3, -0.25) is 0 Å². The molecular formula is C11H13N3O2S. The summed E-state index contributed by atoms with van der Waals surface area (Å²) in [4.78, 5) is 8.21.